The van der Waals surface area contributed by atoms with Crippen LogP contribution in [0.2, 0.25) is 0 Å². The van der Waals surface area contributed by atoms with Crippen molar-refractivity contribution in [3.8, 4) is 0 Å². The van der Waals surface area contributed by atoms with Crippen LogP contribution in [0.4, 0.5) is 11.4 Å². The maximum atomic E-state index is 11.8. The number of nitrogens with zero attached hydrogens (tertiary/aromatic N) is 2. The van der Waals surface area contributed by atoms with Crippen molar-refractivity contribution < 1.29 is 14.4 Å². The lowest BCUT2D eigenvalue weighted by Crippen LogP contribution is -2.44. The minimum Gasteiger partial charge on any atom is -0.369 e. The third-order valence-corrected chi connectivity index (χ3v) is 3.98. The van der Waals surface area contributed by atoms with Gasteiger partial charge in [0.05, 0.1) is 0 Å². The van der Waals surface area contributed by atoms with Gasteiger partial charge in [-0.2, -0.15) is 0 Å². The molecule has 1 aromatic rings. The summed E-state index contributed by atoms with van der Waals surface area (Å²) in [6.45, 7) is 5.87. The van der Waals surface area contributed by atoms with Crippen molar-refractivity contribution in [3.63, 3.8) is 0 Å². The Morgan fingerprint density at radius 1 is 0.920 bits per heavy atom. The molecule has 0 aromatic heterocycles. The van der Waals surface area contributed by atoms with Crippen molar-refractivity contribution in [2.24, 2.45) is 0 Å². The summed E-state index contributed by atoms with van der Waals surface area (Å²) in [4.78, 5) is 38.8. The van der Waals surface area contributed by atoms with E-state index in [1.54, 1.807) is 12.1 Å². The molecule has 0 bridgehead atoms. The summed E-state index contributed by atoms with van der Waals surface area (Å²) >= 11 is 0. The molecule has 3 amide bonds. The number of nitrogens with one attached hydrogen (secondary N) is 3. The van der Waals surface area contributed by atoms with Crippen molar-refractivity contribution >= 4 is 29.1 Å². The molecule has 1 aliphatic rings. The summed E-state index contributed by atoms with van der Waals surface area (Å²) < 4.78 is 0. The molecule has 3 N–H and O–H groups in total. The molecular formula is C17H25N5O3. The van der Waals surface area contributed by atoms with E-state index in [4.69, 9.17) is 0 Å². The van der Waals surface area contributed by atoms with E-state index in [9.17, 15) is 14.4 Å². The fraction of sp³-hybridized carbons (Fsp3) is 0.471. The normalized spacial score (nSPS) is 14.7. The second-order valence-electron chi connectivity index (χ2n) is 6.03. The molecule has 8 heteroatoms. The summed E-state index contributed by atoms with van der Waals surface area (Å²) in [6, 6.07) is 7.46. The van der Waals surface area contributed by atoms with Crippen LogP contribution >= 0.6 is 0 Å². The molecule has 0 unspecified atom stereocenters. The molecule has 1 fully saturated rings. The Bertz CT molecular complexity index is 609. The highest BCUT2D eigenvalue weighted by Crippen LogP contribution is 2.19. The van der Waals surface area contributed by atoms with Crippen LogP contribution in [0.1, 0.15) is 6.92 Å². The second kappa shape index (κ2) is 9.03. The first kappa shape index (κ1) is 18.7. The number of hydrogen-bond acceptors (Lipinski definition) is 5. The van der Waals surface area contributed by atoms with E-state index in [-0.39, 0.29) is 19.0 Å². The predicted molar refractivity (Wildman–Crippen MR) is 96.5 cm³/mol. The summed E-state index contributed by atoms with van der Waals surface area (Å²) in [7, 11) is 2.11. The smallest absolute Gasteiger partial charge is 0.313 e. The molecule has 0 atom stereocenters. The van der Waals surface area contributed by atoms with Gasteiger partial charge in [0.1, 0.15) is 0 Å². The van der Waals surface area contributed by atoms with E-state index < -0.39 is 11.8 Å². The number of amides is 3. The van der Waals surface area contributed by atoms with Crippen LogP contribution in [-0.2, 0) is 14.4 Å². The van der Waals surface area contributed by atoms with Crippen molar-refractivity contribution in [1.82, 2.24) is 15.5 Å². The predicted octanol–water partition coefficient (Wildman–Crippen LogP) is -0.371. The minimum absolute atomic E-state index is 0.181. The van der Waals surface area contributed by atoms with Crippen molar-refractivity contribution in [1.29, 1.82) is 0 Å². The standard InChI is InChI=1S/C17H25N5O3/c1-13(23)18-7-8-19-16(24)17(25)20-14-3-5-15(6-4-14)22-11-9-21(2)10-12-22/h3-6H,7-12H2,1-2H3,(H,18,23)(H,19,24)(H,20,25). The van der Waals surface area contributed by atoms with Gasteiger partial charge in [0.15, 0.2) is 0 Å². The van der Waals surface area contributed by atoms with E-state index in [0.717, 1.165) is 31.9 Å². The first-order chi connectivity index (χ1) is 12.0. The topological polar surface area (TPSA) is 93.8 Å². The van der Waals surface area contributed by atoms with Crippen molar-refractivity contribution in [3.05, 3.63) is 24.3 Å². The highest BCUT2D eigenvalue weighted by atomic mass is 16.2. The Balaban J connectivity index is 1.79. The summed E-state index contributed by atoms with van der Waals surface area (Å²) in [5, 5.41) is 7.55. The lowest BCUT2D eigenvalue weighted by molar-refractivity contribution is -0.136. The average Bonchev–Trinajstić information content (AvgIpc) is 2.59. The fourth-order valence-electron chi connectivity index (χ4n) is 2.50. The van der Waals surface area contributed by atoms with Gasteiger partial charge in [0, 0.05) is 57.6 Å². The monoisotopic (exact) mass is 347 g/mol. The molecule has 0 radical (unpaired) electrons. The number of carbonyl (C=O) groups is 3. The second-order valence-corrected chi connectivity index (χ2v) is 6.03. The molecule has 0 aliphatic carbocycles. The number of piperazine rings is 1. The number of anilines is 2. The molecule has 1 saturated heterocycles. The Kier molecular flexibility index (Phi) is 6.76. The number of rotatable bonds is 5. The SMILES string of the molecule is CC(=O)NCCNC(=O)C(=O)Nc1ccc(N2CCN(C)CC2)cc1. The maximum Gasteiger partial charge on any atom is 0.313 e. The van der Waals surface area contributed by atoms with Crippen LogP contribution < -0.4 is 20.9 Å². The molecule has 2 rings (SSSR count). The van der Waals surface area contributed by atoms with Crippen molar-refractivity contribution in [2.45, 2.75) is 6.92 Å². The summed E-state index contributed by atoms with van der Waals surface area (Å²) in [5.74, 6) is -1.64. The molecule has 136 valence electrons. The van der Waals surface area contributed by atoms with Crippen LogP contribution in [0.15, 0.2) is 24.3 Å². The van der Waals surface area contributed by atoms with Gasteiger partial charge in [0.25, 0.3) is 0 Å². The van der Waals surface area contributed by atoms with Crippen LogP contribution in [0.25, 0.3) is 0 Å². The third kappa shape index (κ3) is 6.07. The summed E-state index contributed by atoms with van der Waals surface area (Å²) in [5.41, 5.74) is 1.67. The van der Waals surface area contributed by atoms with Crippen molar-refractivity contribution in [2.75, 3.05) is 56.5 Å². The van der Waals surface area contributed by atoms with Gasteiger partial charge in [-0.05, 0) is 31.3 Å². The van der Waals surface area contributed by atoms with Crippen LogP contribution in [0.5, 0.6) is 0 Å². The molecule has 1 aromatic carbocycles. The quantitative estimate of drug-likeness (QED) is 0.499. The van der Waals surface area contributed by atoms with Gasteiger partial charge < -0.3 is 25.8 Å². The lowest BCUT2D eigenvalue weighted by atomic mass is 10.2. The molecule has 0 saturated carbocycles. The van der Waals surface area contributed by atoms with Gasteiger partial charge in [-0.15, -0.1) is 0 Å². The van der Waals surface area contributed by atoms with Crippen LogP contribution in [0, 0.1) is 0 Å². The number of carbonyl (C=O) groups excluding carboxylic acids is 3. The summed E-state index contributed by atoms with van der Waals surface area (Å²) in [6.07, 6.45) is 0. The molecule has 25 heavy (non-hydrogen) atoms. The fourth-order valence-corrected chi connectivity index (χ4v) is 2.50. The molecule has 1 aliphatic heterocycles. The molecule has 1 heterocycles. The van der Waals surface area contributed by atoms with E-state index in [0.29, 0.717) is 5.69 Å². The highest BCUT2D eigenvalue weighted by molar-refractivity contribution is 6.39. The Labute approximate surface area is 147 Å². The molecule has 8 nitrogen and oxygen atoms in total. The number of likely N-dealkylation sites (N-methyl/N-ethyl adjacent to an activating group) is 1. The van der Waals surface area contributed by atoms with Crippen LogP contribution in [0.3, 0.4) is 0 Å². The number of benzene rings is 1. The van der Waals surface area contributed by atoms with Gasteiger partial charge in [-0.25, -0.2) is 0 Å². The maximum absolute atomic E-state index is 11.8. The average molecular weight is 347 g/mol. The van der Waals surface area contributed by atoms with Gasteiger partial charge in [0.2, 0.25) is 5.91 Å². The van der Waals surface area contributed by atoms with Gasteiger partial charge >= 0.3 is 11.8 Å². The zero-order chi connectivity index (χ0) is 18.2. The van der Waals surface area contributed by atoms with E-state index in [1.165, 1.54) is 6.92 Å². The lowest BCUT2D eigenvalue weighted by Gasteiger charge is -2.34. The minimum atomic E-state index is -0.728. The molecular weight excluding hydrogens is 322 g/mol. The molecule has 0 spiro atoms. The van der Waals surface area contributed by atoms with Crippen LogP contribution in [-0.4, -0.2) is 68.9 Å². The largest absolute Gasteiger partial charge is 0.369 e. The Hall–Kier alpha value is -2.61. The Morgan fingerprint density at radius 3 is 2.12 bits per heavy atom. The first-order valence-electron chi connectivity index (χ1n) is 8.33. The number of hydrogen-bond donors (Lipinski definition) is 3. The van der Waals surface area contributed by atoms with Gasteiger partial charge in [-0.1, -0.05) is 0 Å². The zero-order valence-corrected chi connectivity index (χ0v) is 14.7. The first-order valence-corrected chi connectivity index (χ1v) is 8.33. The third-order valence-electron chi connectivity index (χ3n) is 3.98. The zero-order valence-electron chi connectivity index (χ0n) is 14.7. The van der Waals surface area contributed by atoms with E-state index >= 15 is 0 Å². The van der Waals surface area contributed by atoms with E-state index in [1.807, 2.05) is 12.1 Å². The Morgan fingerprint density at radius 2 is 1.52 bits per heavy atom. The highest BCUT2D eigenvalue weighted by Gasteiger charge is 2.15. The van der Waals surface area contributed by atoms with E-state index in [2.05, 4.69) is 32.8 Å². The van der Waals surface area contributed by atoms with Gasteiger partial charge in [-0.3, -0.25) is 14.4 Å².